The summed E-state index contributed by atoms with van der Waals surface area (Å²) in [7, 11) is 0. The van der Waals surface area contributed by atoms with Gasteiger partial charge in [0.2, 0.25) is 5.91 Å². The number of amides is 3. The van der Waals surface area contributed by atoms with Crippen molar-refractivity contribution in [2.75, 3.05) is 22.1 Å². The molecule has 2 N–H and O–H groups in total. The highest BCUT2D eigenvalue weighted by Gasteiger charge is 2.27. The van der Waals surface area contributed by atoms with E-state index in [1.165, 1.54) is 16.2 Å². The molecule has 168 valence electrons. The molecule has 2 heterocycles. The first kappa shape index (κ1) is 21.5. The topological polar surface area (TPSA) is 91.4 Å². The number of rotatable bonds is 4. The average Bonchev–Trinajstić information content (AvgIpc) is 3.34. The minimum absolute atomic E-state index is 0.0541. The number of thiazole rings is 1. The Labute approximate surface area is 200 Å². The second kappa shape index (κ2) is 8.92. The fourth-order valence-corrected chi connectivity index (χ4v) is 4.47. The first-order valence-corrected chi connectivity index (χ1v) is 11.5. The van der Waals surface area contributed by atoms with E-state index in [1.807, 2.05) is 37.3 Å². The number of carbonyl (C=O) groups is 3. The molecule has 1 aliphatic heterocycles. The van der Waals surface area contributed by atoms with Gasteiger partial charge < -0.3 is 10.6 Å². The largest absolute Gasteiger partial charge is 0.323 e. The summed E-state index contributed by atoms with van der Waals surface area (Å²) >= 11 is 1.41. The molecule has 34 heavy (non-hydrogen) atoms. The third kappa shape index (κ3) is 4.31. The highest BCUT2D eigenvalue weighted by molar-refractivity contribution is 7.13. The Morgan fingerprint density at radius 1 is 1.00 bits per heavy atom. The van der Waals surface area contributed by atoms with E-state index in [2.05, 4.69) is 15.6 Å². The van der Waals surface area contributed by atoms with Crippen molar-refractivity contribution >= 4 is 46.1 Å². The minimum Gasteiger partial charge on any atom is -0.323 e. The third-order valence-electron chi connectivity index (χ3n) is 5.44. The predicted molar refractivity (Wildman–Crippen MR) is 133 cm³/mol. The molecular formula is C26H20N4O3S. The van der Waals surface area contributed by atoms with Crippen LogP contribution in [0.4, 0.5) is 17.1 Å². The zero-order chi connectivity index (χ0) is 23.7. The van der Waals surface area contributed by atoms with Gasteiger partial charge in [-0.2, -0.15) is 0 Å². The van der Waals surface area contributed by atoms with Crippen LogP contribution in [-0.2, 0) is 4.79 Å². The SMILES string of the molecule is Cc1ccc(-c2nc(C(=O)Nc3ccc(C(=O)N4CC(=O)Nc5ccccc54)cc3)cs2)cc1. The van der Waals surface area contributed by atoms with Gasteiger partial charge in [0.15, 0.2) is 0 Å². The Balaban J connectivity index is 1.29. The van der Waals surface area contributed by atoms with Gasteiger partial charge in [0, 0.05) is 22.2 Å². The number of benzene rings is 3. The Morgan fingerprint density at radius 2 is 1.74 bits per heavy atom. The predicted octanol–water partition coefficient (Wildman–Crippen LogP) is 4.97. The van der Waals surface area contributed by atoms with E-state index in [0.29, 0.717) is 28.3 Å². The maximum Gasteiger partial charge on any atom is 0.275 e. The zero-order valence-corrected chi connectivity index (χ0v) is 19.1. The molecule has 0 atom stereocenters. The monoisotopic (exact) mass is 468 g/mol. The van der Waals surface area contributed by atoms with Crippen molar-refractivity contribution in [2.24, 2.45) is 0 Å². The van der Waals surface area contributed by atoms with E-state index in [1.54, 1.807) is 47.8 Å². The molecule has 8 heteroatoms. The van der Waals surface area contributed by atoms with E-state index < -0.39 is 0 Å². The van der Waals surface area contributed by atoms with Crippen molar-refractivity contribution in [3.63, 3.8) is 0 Å². The molecule has 1 aliphatic rings. The van der Waals surface area contributed by atoms with Crippen molar-refractivity contribution in [3.8, 4) is 10.6 Å². The van der Waals surface area contributed by atoms with Crippen LogP contribution in [0.15, 0.2) is 78.2 Å². The number of fused-ring (bicyclic) bond motifs is 1. The second-order valence-corrected chi connectivity index (χ2v) is 8.75. The average molecular weight is 469 g/mol. The smallest absolute Gasteiger partial charge is 0.275 e. The van der Waals surface area contributed by atoms with Crippen LogP contribution in [0.2, 0.25) is 0 Å². The summed E-state index contributed by atoms with van der Waals surface area (Å²) in [6.07, 6.45) is 0. The molecule has 7 nitrogen and oxygen atoms in total. The summed E-state index contributed by atoms with van der Waals surface area (Å²) in [4.78, 5) is 43.7. The highest BCUT2D eigenvalue weighted by atomic mass is 32.1. The number of nitrogens with one attached hydrogen (secondary N) is 2. The summed E-state index contributed by atoms with van der Waals surface area (Å²) in [5, 5.41) is 8.09. The number of hydrogen-bond acceptors (Lipinski definition) is 5. The third-order valence-corrected chi connectivity index (χ3v) is 6.33. The molecule has 0 fully saturated rings. The van der Waals surface area contributed by atoms with Crippen LogP contribution in [-0.4, -0.2) is 29.3 Å². The molecule has 1 aromatic heterocycles. The minimum atomic E-state index is -0.324. The molecule has 5 rings (SSSR count). The lowest BCUT2D eigenvalue weighted by Crippen LogP contribution is -2.42. The van der Waals surface area contributed by atoms with Gasteiger partial charge in [0.05, 0.1) is 11.4 Å². The molecule has 3 amide bonds. The van der Waals surface area contributed by atoms with E-state index in [4.69, 9.17) is 0 Å². The standard InChI is InChI=1S/C26H20N4O3S/c1-16-6-8-17(9-7-16)25-29-21(15-34-25)24(32)27-19-12-10-18(11-13-19)26(33)30-14-23(31)28-20-4-2-3-5-22(20)30/h2-13,15H,14H2,1H3,(H,27,32)(H,28,31). The number of para-hydroxylation sites is 2. The molecule has 0 unspecified atom stereocenters. The number of aromatic nitrogens is 1. The number of carbonyl (C=O) groups excluding carboxylic acids is 3. The van der Waals surface area contributed by atoms with Crippen LogP contribution in [0, 0.1) is 6.92 Å². The van der Waals surface area contributed by atoms with Crippen LogP contribution >= 0.6 is 11.3 Å². The van der Waals surface area contributed by atoms with Crippen LogP contribution < -0.4 is 15.5 Å². The molecular weight excluding hydrogens is 448 g/mol. The Kier molecular flexibility index (Phi) is 5.65. The first-order valence-electron chi connectivity index (χ1n) is 10.6. The Hall–Kier alpha value is -4.30. The summed E-state index contributed by atoms with van der Waals surface area (Å²) < 4.78 is 0. The molecule has 3 aromatic carbocycles. The van der Waals surface area contributed by atoms with Gasteiger partial charge >= 0.3 is 0 Å². The normalized spacial score (nSPS) is 12.6. The van der Waals surface area contributed by atoms with E-state index >= 15 is 0 Å². The Bertz CT molecular complexity index is 1390. The molecule has 0 aliphatic carbocycles. The van der Waals surface area contributed by atoms with Gasteiger partial charge in [0.25, 0.3) is 11.8 Å². The maximum absolute atomic E-state index is 13.1. The van der Waals surface area contributed by atoms with Crippen LogP contribution in [0.5, 0.6) is 0 Å². The lowest BCUT2D eigenvalue weighted by molar-refractivity contribution is -0.115. The maximum atomic E-state index is 13.1. The number of anilines is 3. The van der Waals surface area contributed by atoms with E-state index in [-0.39, 0.29) is 24.3 Å². The molecule has 0 saturated heterocycles. The number of hydrogen-bond donors (Lipinski definition) is 2. The van der Waals surface area contributed by atoms with Gasteiger partial charge in [-0.15, -0.1) is 11.3 Å². The summed E-state index contributed by atoms with van der Waals surface area (Å²) in [6.45, 7) is 1.97. The molecule has 0 radical (unpaired) electrons. The van der Waals surface area contributed by atoms with Crippen molar-refractivity contribution in [1.82, 2.24) is 4.98 Å². The van der Waals surface area contributed by atoms with Crippen molar-refractivity contribution < 1.29 is 14.4 Å². The van der Waals surface area contributed by atoms with Crippen molar-refractivity contribution in [2.45, 2.75) is 6.92 Å². The molecule has 0 bridgehead atoms. The van der Waals surface area contributed by atoms with Crippen LogP contribution in [0.3, 0.4) is 0 Å². The van der Waals surface area contributed by atoms with Gasteiger partial charge in [-0.1, -0.05) is 42.0 Å². The lowest BCUT2D eigenvalue weighted by atomic mass is 10.1. The first-order chi connectivity index (χ1) is 16.5. The van der Waals surface area contributed by atoms with Crippen LogP contribution in [0.1, 0.15) is 26.4 Å². The number of aryl methyl sites for hydroxylation is 1. The fraction of sp³-hybridized carbons (Fsp3) is 0.0769. The summed E-state index contributed by atoms with van der Waals surface area (Å²) in [6, 6.07) is 21.7. The summed E-state index contributed by atoms with van der Waals surface area (Å²) in [5.41, 5.74) is 4.66. The molecule has 0 spiro atoms. The summed E-state index contributed by atoms with van der Waals surface area (Å²) in [5.74, 6) is -0.859. The van der Waals surface area contributed by atoms with E-state index in [9.17, 15) is 14.4 Å². The van der Waals surface area contributed by atoms with Gasteiger partial charge in [0.1, 0.15) is 17.2 Å². The van der Waals surface area contributed by atoms with Gasteiger partial charge in [-0.25, -0.2) is 4.98 Å². The fourth-order valence-electron chi connectivity index (χ4n) is 3.67. The highest BCUT2D eigenvalue weighted by Crippen LogP contribution is 2.30. The van der Waals surface area contributed by atoms with Crippen molar-refractivity contribution in [3.05, 3.63) is 95.0 Å². The van der Waals surface area contributed by atoms with E-state index in [0.717, 1.165) is 16.1 Å². The van der Waals surface area contributed by atoms with Gasteiger partial charge in [-0.05, 0) is 43.3 Å². The second-order valence-electron chi connectivity index (χ2n) is 7.89. The lowest BCUT2D eigenvalue weighted by Gasteiger charge is -2.29. The molecule has 0 saturated carbocycles. The van der Waals surface area contributed by atoms with Crippen LogP contribution in [0.25, 0.3) is 10.6 Å². The quantitative estimate of drug-likeness (QED) is 0.442. The number of nitrogens with zero attached hydrogens (tertiary/aromatic N) is 2. The van der Waals surface area contributed by atoms with Crippen molar-refractivity contribution in [1.29, 1.82) is 0 Å². The van der Waals surface area contributed by atoms with Gasteiger partial charge in [-0.3, -0.25) is 19.3 Å². The zero-order valence-electron chi connectivity index (χ0n) is 18.2. The molecule has 4 aromatic rings. The Morgan fingerprint density at radius 3 is 2.50 bits per heavy atom.